The molecule has 0 aromatic carbocycles. The Morgan fingerprint density at radius 2 is 2.20 bits per heavy atom. The Balaban J connectivity index is 1.76. The van der Waals surface area contributed by atoms with E-state index in [0.29, 0.717) is 6.17 Å². The smallest absolute Gasteiger partial charge is 0.302 e. The number of likely N-dealkylation sites (tertiary alicyclic amines) is 2. The minimum Gasteiger partial charge on any atom is -0.460 e. The Morgan fingerprint density at radius 3 is 2.80 bits per heavy atom. The highest BCUT2D eigenvalue weighted by Gasteiger charge is 2.38. The Bertz CT molecular complexity index is 239. The summed E-state index contributed by atoms with van der Waals surface area (Å²) in [6.07, 6.45) is 3.30. The molecule has 2 heterocycles. The normalized spacial score (nSPS) is 29.1. The maximum Gasteiger partial charge on any atom is 0.302 e. The summed E-state index contributed by atoms with van der Waals surface area (Å²) in [4.78, 5) is 15.7. The third-order valence-electron chi connectivity index (χ3n) is 3.37. The Hall–Kier alpha value is -0.610. The molecule has 2 aliphatic heterocycles. The summed E-state index contributed by atoms with van der Waals surface area (Å²) >= 11 is 0. The molecular formula is C11H20N2O2. The molecule has 4 heteroatoms. The maximum absolute atomic E-state index is 10.7. The molecule has 2 rings (SSSR count). The van der Waals surface area contributed by atoms with Crippen LogP contribution in [-0.2, 0) is 9.53 Å². The van der Waals surface area contributed by atoms with Crippen LogP contribution in [0.4, 0.5) is 0 Å². The molecule has 0 saturated carbocycles. The molecule has 0 aromatic rings. The SMILES string of the molecule is CCN1CCCC1N1CC(OC(C)=O)C1. The fourth-order valence-corrected chi connectivity index (χ4v) is 2.61. The number of carbonyl (C=O) groups is 1. The summed E-state index contributed by atoms with van der Waals surface area (Å²) in [5.41, 5.74) is 0. The molecule has 2 saturated heterocycles. The monoisotopic (exact) mass is 212 g/mol. The van der Waals surface area contributed by atoms with Crippen LogP contribution in [-0.4, -0.2) is 54.2 Å². The lowest BCUT2D eigenvalue weighted by Crippen LogP contribution is -2.60. The fraction of sp³-hybridized carbons (Fsp3) is 0.909. The van der Waals surface area contributed by atoms with Gasteiger partial charge in [-0.2, -0.15) is 0 Å². The minimum absolute atomic E-state index is 0.141. The largest absolute Gasteiger partial charge is 0.460 e. The Kier molecular flexibility index (Phi) is 3.26. The summed E-state index contributed by atoms with van der Waals surface area (Å²) in [5.74, 6) is -0.154. The van der Waals surface area contributed by atoms with Crippen LogP contribution in [0.2, 0.25) is 0 Å². The van der Waals surface area contributed by atoms with Gasteiger partial charge in [-0.15, -0.1) is 0 Å². The predicted octanol–water partition coefficient (Wildman–Crippen LogP) is 0.675. The third-order valence-corrected chi connectivity index (χ3v) is 3.37. The van der Waals surface area contributed by atoms with Crippen molar-refractivity contribution < 1.29 is 9.53 Å². The molecule has 86 valence electrons. The topological polar surface area (TPSA) is 32.8 Å². The van der Waals surface area contributed by atoms with Gasteiger partial charge in [0.1, 0.15) is 6.10 Å². The van der Waals surface area contributed by atoms with E-state index in [1.807, 2.05) is 0 Å². The van der Waals surface area contributed by atoms with Crippen molar-refractivity contribution in [2.75, 3.05) is 26.2 Å². The number of nitrogens with zero attached hydrogens (tertiary/aromatic N) is 2. The van der Waals surface area contributed by atoms with Crippen molar-refractivity contribution in [1.29, 1.82) is 0 Å². The average Bonchev–Trinajstić information content (AvgIpc) is 2.57. The first kappa shape index (κ1) is 10.9. The lowest BCUT2D eigenvalue weighted by Gasteiger charge is -2.44. The number of rotatable bonds is 3. The molecule has 0 amide bonds. The first-order chi connectivity index (χ1) is 7.20. The number of ether oxygens (including phenoxy) is 1. The molecular weight excluding hydrogens is 192 g/mol. The second-order valence-electron chi connectivity index (χ2n) is 4.44. The second kappa shape index (κ2) is 4.49. The van der Waals surface area contributed by atoms with E-state index in [9.17, 15) is 4.79 Å². The van der Waals surface area contributed by atoms with Crippen molar-refractivity contribution in [3.63, 3.8) is 0 Å². The van der Waals surface area contributed by atoms with Crippen molar-refractivity contribution in [2.45, 2.75) is 39.0 Å². The van der Waals surface area contributed by atoms with Crippen LogP contribution in [0.3, 0.4) is 0 Å². The zero-order valence-electron chi connectivity index (χ0n) is 9.61. The summed E-state index contributed by atoms with van der Waals surface area (Å²) < 4.78 is 5.15. The number of hydrogen-bond acceptors (Lipinski definition) is 4. The summed E-state index contributed by atoms with van der Waals surface area (Å²) in [7, 11) is 0. The zero-order valence-corrected chi connectivity index (χ0v) is 9.61. The quantitative estimate of drug-likeness (QED) is 0.644. The lowest BCUT2D eigenvalue weighted by molar-refractivity contribution is -0.159. The molecule has 0 radical (unpaired) electrons. The zero-order chi connectivity index (χ0) is 10.8. The van der Waals surface area contributed by atoms with Gasteiger partial charge in [0.15, 0.2) is 0 Å². The van der Waals surface area contributed by atoms with Gasteiger partial charge < -0.3 is 4.74 Å². The van der Waals surface area contributed by atoms with Gasteiger partial charge in [0.25, 0.3) is 0 Å². The summed E-state index contributed by atoms with van der Waals surface area (Å²) in [6, 6.07) is 0. The number of esters is 1. The Morgan fingerprint density at radius 1 is 1.47 bits per heavy atom. The van der Waals surface area contributed by atoms with Crippen molar-refractivity contribution >= 4 is 5.97 Å². The molecule has 2 aliphatic rings. The van der Waals surface area contributed by atoms with Crippen LogP contribution >= 0.6 is 0 Å². The molecule has 1 unspecified atom stereocenters. The van der Waals surface area contributed by atoms with Crippen molar-refractivity contribution in [3.8, 4) is 0 Å². The number of hydrogen-bond donors (Lipinski definition) is 0. The van der Waals surface area contributed by atoms with E-state index in [2.05, 4.69) is 16.7 Å². The highest BCUT2D eigenvalue weighted by Crippen LogP contribution is 2.25. The van der Waals surface area contributed by atoms with Crippen LogP contribution in [0.5, 0.6) is 0 Å². The summed E-state index contributed by atoms with van der Waals surface area (Å²) in [5, 5.41) is 0. The van der Waals surface area contributed by atoms with Crippen LogP contribution in [0, 0.1) is 0 Å². The van der Waals surface area contributed by atoms with E-state index in [0.717, 1.165) is 19.6 Å². The predicted molar refractivity (Wildman–Crippen MR) is 57.4 cm³/mol. The van der Waals surface area contributed by atoms with Gasteiger partial charge in [0.2, 0.25) is 0 Å². The first-order valence-corrected chi connectivity index (χ1v) is 5.86. The molecule has 0 spiro atoms. The highest BCUT2D eigenvalue weighted by atomic mass is 16.5. The van der Waals surface area contributed by atoms with Crippen LogP contribution in [0.1, 0.15) is 26.7 Å². The van der Waals surface area contributed by atoms with E-state index >= 15 is 0 Å². The van der Waals surface area contributed by atoms with Gasteiger partial charge in [-0.25, -0.2) is 0 Å². The second-order valence-corrected chi connectivity index (χ2v) is 4.44. The molecule has 0 aliphatic carbocycles. The Labute approximate surface area is 91.2 Å². The van der Waals surface area contributed by atoms with Crippen molar-refractivity contribution in [3.05, 3.63) is 0 Å². The van der Waals surface area contributed by atoms with Gasteiger partial charge in [-0.1, -0.05) is 6.92 Å². The van der Waals surface area contributed by atoms with Crippen LogP contribution < -0.4 is 0 Å². The molecule has 0 aromatic heterocycles. The molecule has 15 heavy (non-hydrogen) atoms. The molecule has 4 nitrogen and oxygen atoms in total. The van der Waals surface area contributed by atoms with E-state index < -0.39 is 0 Å². The summed E-state index contributed by atoms with van der Waals surface area (Å²) in [6.45, 7) is 7.87. The van der Waals surface area contributed by atoms with Gasteiger partial charge in [0.05, 0.1) is 6.17 Å². The van der Waals surface area contributed by atoms with Crippen molar-refractivity contribution in [1.82, 2.24) is 9.80 Å². The molecule has 2 fully saturated rings. The number of carbonyl (C=O) groups excluding carboxylic acids is 1. The lowest BCUT2D eigenvalue weighted by atomic mass is 10.1. The van der Waals surface area contributed by atoms with Gasteiger partial charge >= 0.3 is 5.97 Å². The minimum atomic E-state index is -0.154. The standard InChI is InChI=1S/C11H20N2O2/c1-3-12-6-4-5-11(12)13-7-10(8-13)15-9(2)14/h10-11H,3-8H2,1-2H3. The van der Waals surface area contributed by atoms with Gasteiger partial charge in [0, 0.05) is 20.0 Å². The van der Waals surface area contributed by atoms with Crippen LogP contribution in [0.15, 0.2) is 0 Å². The molecule has 1 atom stereocenters. The van der Waals surface area contributed by atoms with E-state index in [4.69, 9.17) is 4.74 Å². The third kappa shape index (κ3) is 2.32. The van der Waals surface area contributed by atoms with E-state index in [1.54, 1.807) is 0 Å². The van der Waals surface area contributed by atoms with E-state index in [1.165, 1.54) is 26.3 Å². The fourth-order valence-electron chi connectivity index (χ4n) is 2.61. The van der Waals surface area contributed by atoms with Gasteiger partial charge in [-0.05, 0) is 25.9 Å². The van der Waals surface area contributed by atoms with Crippen LogP contribution in [0.25, 0.3) is 0 Å². The van der Waals surface area contributed by atoms with Crippen molar-refractivity contribution in [2.24, 2.45) is 0 Å². The van der Waals surface area contributed by atoms with Gasteiger partial charge in [-0.3, -0.25) is 14.6 Å². The molecule has 0 bridgehead atoms. The van der Waals surface area contributed by atoms with E-state index in [-0.39, 0.29) is 12.1 Å². The molecule has 0 N–H and O–H groups in total. The maximum atomic E-state index is 10.7. The first-order valence-electron chi connectivity index (χ1n) is 5.86. The average molecular weight is 212 g/mol. The highest BCUT2D eigenvalue weighted by molar-refractivity contribution is 5.66.